The van der Waals surface area contributed by atoms with Gasteiger partial charge in [0.1, 0.15) is 0 Å². The first-order valence-electron chi connectivity index (χ1n) is 9.86. The van der Waals surface area contributed by atoms with E-state index >= 15 is 0 Å². The lowest BCUT2D eigenvalue weighted by molar-refractivity contribution is -0.142. The van der Waals surface area contributed by atoms with Crippen LogP contribution in [0.1, 0.15) is 18.4 Å². The van der Waals surface area contributed by atoms with Gasteiger partial charge in [-0.15, -0.1) is 0 Å². The number of benzene rings is 2. The van der Waals surface area contributed by atoms with Gasteiger partial charge in [-0.1, -0.05) is 18.2 Å². The molecule has 0 aliphatic carbocycles. The molecule has 0 spiro atoms. The molecule has 0 saturated carbocycles. The summed E-state index contributed by atoms with van der Waals surface area (Å²) in [5.74, 6) is -1.21. The summed E-state index contributed by atoms with van der Waals surface area (Å²) in [6, 6.07) is 10.3. The van der Waals surface area contributed by atoms with Crippen LogP contribution < -0.4 is 4.90 Å². The van der Waals surface area contributed by atoms with E-state index in [1.165, 1.54) is 6.07 Å². The molecule has 10 heteroatoms. The van der Waals surface area contributed by atoms with E-state index in [2.05, 4.69) is 4.98 Å². The maximum absolute atomic E-state index is 13.0. The van der Waals surface area contributed by atoms with E-state index < -0.39 is 38.4 Å². The summed E-state index contributed by atoms with van der Waals surface area (Å²) in [7, 11) is -4.21. The van der Waals surface area contributed by atoms with Crippen molar-refractivity contribution in [2.45, 2.75) is 28.8 Å². The number of rotatable bonds is 4. The topological polar surface area (TPSA) is 87.6 Å². The summed E-state index contributed by atoms with van der Waals surface area (Å²) < 4.78 is 65.0. The number of hydrogen-bond acceptors (Lipinski definition) is 5. The van der Waals surface area contributed by atoms with Crippen LogP contribution in [-0.4, -0.2) is 37.6 Å². The number of carbonyl (C=O) groups is 1. The number of alkyl halides is 3. The number of carboxylic acids is 1. The van der Waals surface area contributed by atoms with E-state index in [1.807, 2.05) is 11.0 Å². The molecule has 4 rings (SSSR count). The highest BCUT2D eigenvalue weighted by molar-refractivity contribution is 7.91. The van der Waals surface area contributed by atoms with Crippen molar-refractivity contribution >= 4 is 32.4 Å². The van der Waals surface area contributed by atoms with Crippen LogP contribution in [0.25, 0.3) is 10.9 Å². The first kappa shape index (κ1) is 22.1. The SMILES string of the molecule is O=C(O)C1CCN(c2cccc3cc(S(=O)(=O)c4cccc(C(F)(F)F)c4)cnc23)CC1. The average molecular weight is 464 g/mol. The Bertz CT molecular complexity index is 1280. The summed E-state index contributed by atoms with van der Waals surface area (Å²) in [6.45, 7) is 1.06. The van der Waals surface area contributed by atoms with Gasteiger partial charge >= 0.3 is 12.1 Å². The zero-order valence-corrected chi connectivity index (χ0v) is 17.5. The van der Waals surface area contributed by atoms with Crippen LogP contribution >= 0.6 is 0 Å². The average Bonchev–Trinajstić information content (AvgIpc) is 2.78. The Balaban J connectivity index is 1.69. The van der Waals surface area contributed by atoms with Crippen molar-refractivity contribution in [3.05, 3.63) is 60.3 Å². The van der Waals surface area contributed by atoms with E-state index in [9.17, 15) is 31.5 Å². The van der Waals surface area contributed by atoms with E-state index in [4.69, 9.17) is 0 Å². The molecule has 0 radical (unpaired) electrons. The van der Waals surface area contributed by atoms with Crippen molar-refractivity contribution < 1.29 is 31.5 Å². The monoisotopic (exact) mass is 464 g/mol. The fourth-order valence-corrected chi connectivity index (χ4v) is 5.16. The summed E-state index contributed by atoms with van der Waals surface area (Å²) in [5, 5.41) is 9.70. The molecular weight excluding hydrogens is 445 g/mol. The third kappa shape index (κ3) is 4.14. The number of piperidine rings is 1. The molecule has 3 aromatic rings. The Labute approximate surface area is 182 Å². The number of nitrogens with zero attached hydrogens (tertiary/aromatic N) is 2. The molecular formula is C22H19F3N2O4S. The zero-order valence-electron chi connectivity index (χ0n) is 16.7. The minimum atomic E-state index is -4.66. The summed E-state index contributed by atoms with van der Waals surface area (Å²) in [4.78, 5) is 16.8. The van der Waals surface area contributed by atoms with Gasteiger partial charge in [0.05, 0.1) is 32.5 Å². The number of aromatic nitrogens is 1. The number of hydrogen-bond donors (Lipinski definition) is 1. The molecule has 0 unspecified atom stereocenters. The third-order valence-corrected chi connectivity index (χ3v) is 7.35. The molecule has 2 aromatic carbocycles. The van der Waals surface area contributed by atoms with Gasteiger partial charge in [-0.05, 0) is 43.2 Å². The van der Waals surface area contributed by atoms with Crippen LogP contribution in [0.3, 0.4) is 0 Å². The van der Waals surface area contributed by atoms with E-state index in [1.54, 1.807) is 12.1 Å². The largest absolute Gasteiger partial charge is 0.481 e. The third-order valence-electron chi connectivity index (χ3n) is 5.63. The number of anilines is 1. The fourth-order valence-electron chi connectivity index (χ4n) is 3.87. The second-order valence-electron chi connectivity index (χ2n) is 7.65. The van der Waals surface area contributed by atoms with Crippen molar-refractivity contribution in [3.8, 4) is 0 Å². The number of aliphatic carboxylic acids is 1. The molecule has 1 saturated heterocycles. The van der Waals surface area contributed by atoms with Gasteiger partial charge in [0.2, 0.25) is 9.84 Å². The second-order valence-corrected chi connectivity index (χ2v) is 9.60. The highest BCUT2D eigenvalue weighted by Crippen LogP contribution is 2.34. The highest BCUT2D eigenvalue weighted by Gasteiger charge is 2.32. The van der Waals surface area contributed by atoms with Crippen LogP contribution in [0, 0.1) is 5.92 Å². The van der Waals surface area contributed by atoms with Gasteiger partial charge < -0.3 is 10.0 Å². The number of halogens is 3. The molecule has 0 amide bonds. The number of pyridine rings is 1. The van der Waals surface area contributed by atoms with E-state index in [0.717, 1.165) is 30.1 Å². The summed E-state index contributed by atoms with van der Waals surface area (Å²) >= 11 is 0. The van der Waals surface area contributed by atoms with Gasteiger partial charge in [-0.3, -0.25) is 9.78 Å². The van der Waals surface area contributed by atoms with Gasteiger partial charge in [-0.25, -0.2) is 8.42 Å². The molecule has 1 aromatic heterocycles. The lowest BCUT2D eigenvalue weighted by Gasteiger charge is -2.32. The highest BCUT2D eigenvalue weighted by atomic mass is 32.2. The van der Waals surface area contributed by atoms with E-state index in [0.29, 0.717) is 42.9 Å². The predicted molar refractivity (Wildman–Crippen MR) is 111 cm³/mol. The smallest absolute Gasteiger partial charge is 0.416 e. The first-order chi connectivity index (χ1) is 15.1. The number of carboxylic acid groups (broad SMARTS) is 1. The van der Waals surface area contributed by atoms with E-state index in [-0.39, 0.29) is 4.90 Å². The molecule has 2 heterocycles. The minimum Gasteiger partial charge on any atom is -0.481 e. The zero-order chi connectivity index (χ0) is 23.1. The Kier molecular flexibility index (Phi) is 5.58. The number of fused-ring (bicyclic) bond motifs is 1. The quantitative estimate of drug-likeness (QED) is 0.616. The van der Waals surface area contributed by atoms with Crippen LogP contribution in [0.4, 0.5) is 18.9 Å². The van der Waals surface area contributed by atoms with Gasteiger partial charge in [0, 0.05) is 24.7 Å². The molecule has 1 fully saturated rings. The Morgan fingerprint density at radius 3 is 2.38 bits per heavy atom. The normalized spacial score (nSPS) is 15.8. The maximum atomic E-state index is 13.0. The number of sulfone groups is 1. The molecule has 0 atom stereocenters. The molecule has 6 nitrogen and oxygen atoms in total. The Hall–Kier alpha value is -3.14. The summed E-state index contributed by atoms with van der Waals surface area (Å²) in [5.41, 5.74) is 0.262. The predicted octanol–water partition coefficient (Wildman–Crippen LogP) is 4.39. The number of para-hydroxylation sites is 1. The molecule has 1 aliphatic heterocycles. The Morgan fingerprint density at radius 1 is 1.03 bits per heavy atom. The first-order valence-corrected chi connectivity index (χ1v) is 11.3. The minimum absolute atomic E-state index is 0.203. The van der Waals surface area contributed by atoms with Crippen molar-refractivity contribution in [2.75, 3.05) is 18.0 Å². The van der Waals surface area contributed by atoms with Crippen LogP contribution in [0.2, 0.25) is 0 Å². The van der Waals surface area contributed by atoms with Crippen LogP contribution in [-0.2, 0) is 20.8 Å². The van der Waals surface area contributed by atoms with Crippen LogP contribution in [0.15, 0.2) is 64.5 Å². The molecule has 1 N–H and O–H groups in total. The second kappa shape index (κ2) is 8.09. The molecule has 168 valence electrons. The van der Waals surface area contributed by atoms with Gasteiger partial charge in [0.15, 0.2) is 0 Å². The molecule has 0 bridgehead atoms. The fraction of sp³-hybridized carbons (Fsp3) is 0.273. The van der Waals surface area contributed by atoms with Gasteiger partial charge in [-0.2, -0.15) is 13.2 Å². The van der Waals surface area contributed by atoms with Crippen molar-refractivity contribution in [3.63, 3.8) is 0 Å². The lowest BCUT2D eigenvalue weighted by atomic mass is 9.96. The lowest BCUT2D eigenvalue weighted by Crippen LogP contribution is -2.36. The maximum Gasteiger partial charge on any atom is 0.416 e. The molecule has 1 aliphatic rings. The van der Waals surface area contributed by atoms with Crippen molar-refractivity contribution in [1.82, 2.24) is 4.98 Å². The van der Waals surface area contributed by atoms with Crippen LogP contribution in [0.5, 0.6) is 0 Å². The summed E-state index contributed by atoms with van der Waals surface area (Å²) in [6.07, 6.45) is -2.52. The molecule has 32 heavy (non-hydrogen) atoms. The van der Waals surface area contributed by atoms with Crippen molar-refractivity contribution in [2.24, 2.45) is 5.92 Å². The van der Waals surface area contributed by atoms with Crippen molar-refractivity contribution in [1.29, 1.82) is 0 Å². The Morgan fingerprint density at radius 2 is 1.72 bits per heavy atom. The van der Waals surface area contributed by atoms with Gasteiger partial charge in [0.25, 0.3) is 0 Å². The standard InChI is InChI=1S/C22H19F3N2O4S/c23-22(24,25)16-4-2-5-17(12-16)32(30,31)18-11-15-3-1-6-19(20(15)26-13-18)27-9-7-14(8-10-27)21(28)29/h1-6,11-14H,7-10H2,(H,28,29).